The maximum absolute atomic E-state index is 13.5. The highest BCUT2D eigenvalue weighted by Gasteiger charge is 2.19. The summed E-state index contributed by atoms with van der Waals surface area (Å²) in [6, 6.07) is 4.65. The second kappa shape index (κ2) is 6.53. The van der Waals surface area contributed by atoms with Gasteiger partial charge in [0.15, 0.2) is 11.6 Å². The minimum Gasteiger partial charge on any atom is -0.488 e. The van der Waals surface area contributed by atoms with Crippen molar-refractivity contribution >= 4 is 15.9 Å². The largest absolute Gasteiger partial charge is 0.488 e. The van der Waals surface area contributed by atoms with Crippen molar-refractivity contribution in [2.24, 2.45) is 5.92 Å². The van der Waals surface area contributed by atoms with Crippen molar-refractivity contribution < 1.29 is 14.2 Å². The van der Waals surface area contributed by atoms with Crippen LogP contribution in [0.25, 0.3) is 0 Å². The van der Waals surface area contributed by atoms with Crippen LogP contribution in [0.5, 0.6) is 5.75 Å². The Morgan fingerprint density at radius 1 is 1.39 bits per heavy atom. The molecule has 0 saturated heterocycles. The molecule has 2 nitrogen and oxygen atoms in total. The second-order valence-electron chi connectivity index (χ2n) is 4.93. The monoisotopic (exact) mass is 316 g/mol. The van der Waals surface area contributed by atoms with E-state index in [-0.39, 0.29) is 12.4 Å². The van der Waals surface area contributed by atoms with Gasteiger partial charge in [0.25, 0.3) is 0 Å². The summed E-state index contributed by atoms with van der Waals surface area (Å²) in [7, 11) is 0. The Kier molecular flexibility index (Phi) is 5.01. The quantitative estimate of drug-likeness (QED) is 0.892. The molecule has 18 heavy (non-hydrogen) atoms. The van der Waals surface area contributed by atoms with Crippen molar-refractivity contribution in [1.82, 2.24) is 0 Å². The summed E-state index contributed by atoms with van der Waals surface area (Å²) < 4.78 is 19.5. The maximum atomic E-state index is 13.5. The average molecular weight is 317 g/mol. The summed E-state index contributed by atoms with van der Waals surface area (Å²) in [4.78, 5) is 0. The molecule has 1 unspecified atom stereocenters. The highest BCUT2D eigenvalue weighted by Crippen LogP contribution is 2.29. The molecule has 0 spiro atoms. The number of benzene rings is 1. The number of hydrogen-bond donors (Lipinski definition) is 1. The molecule has 1 N–H and O–H groups in total. The lowest BCUT2D eigenvalue weighted by Crippen LogP contribution is -2.20. The Labute approximate surface area is 115 Å². The second-order valence-corrected chi connectivity index (χ2v) is 5.84. The predicted molar refractivity (Wildman–Crippen MR) is 72.2 cm³/mol. The van der Waals surface area contributed by atoms with Crippen LogP contribution in [-0.2, 0) is 0 Å². The van der Waals surface area contributed by atoms with E-state index in [1.165, 1.54) is 31.7 Å². The van der Waals surface area contributed by atoms with Crippen LogP contribution in [0.3, 0.4) is 0 Å². The zero-order valence-corrected chi connectivity index (χ0v) is 11.8. The number of ether oxygens (including phenoxy) is 1. The van der Waals surface area contributed by atoms with Crippen LogP contribution in [0.1, 0.15) is 32.1 Å². The molecule has 1 saturated carbocycles. The molecule has 100 valence electrons. The molecule has 0 radical (unpaired) electrons. The zero-order valence-electron chi connectivity index (χ0n) is 10.2. The molecule has 1 aliphatic rings. The summed E-state index contributed by atoms with van der Waals surface area (Å²) in [6.07, 6.45) is 5.18. The van der Waals surface area contributed by atoms with Crippen molar-refractivity contribution in [3.63, 3.8) is 0 Å². The Morgan fingerprint density at radius 3 is 2.78 bits per heavy atom. The SMILES string of the molecule is OC(COc1ccc(Br)cc1F)CC1CCCC1. The molecular formula is C14H18BrFO2. The van der Waals surface area contributed by atoms with E-state index in [1.54, 1.807) is 12.1 Å². The van der Waals surface area contributed by atoms with Gasteiger partial charge in [0.05, 0.1) is 6.10 Å². The van der Waals surface area contributed by atoms with Gasteiger partial charge in [0.2, 0.25) is 0 Å². The van der Waals surface area contributed by atoms with Crippen molar-refractivity contribution in [2.75, 3.05) is 6.61 Å². The standard InChI is InChI=1S/C14H18BrFO2/c15-11-5-6-14(13(16)8-11)18-9-12(17)7-10-3-1-2-4-10/h5-6,8,10,12,17H,1-4,7,9H2. The topological polar surface area (TPSA) is 29.5 Å². The van der Waals surface area contributed by atoms with Gasteiger partial charge in [-0.3, -0.25) is 0 Å². The van der Waals surface area contributed by atoms with E-state index in [9.17, 15) is 9.50 Å². The van der Waals surface area contributed by atoms with Crippen molar-refractivity contribution in [3.05, 3.63) is 28.5 Å². The smallest absolute Gasteiger partial charge is 0.166 e. The Balaban J connectivity index is 1.79. The zero-order chi connectivity index (χ0) is 13.0. The van der Waals surface area contributed by atoms with Crippen LogP contribution in [0.4, 0.5) is 4.39 Å². The number of rotatable bonds is 5. The van der Waals surface area contributed by atoms with Gasteiger partial charge in [-0.15, -0.1) is 0 Å². The minimum absolute atomic E-state index is 0.162. The van der Waals surface area contributed by atoms with Crippen LogP contribution < -0.4 is 4.74 Å². The van der Waals surface area contributed by atoms with E-state index in [0.29, 0.717) is 10.4 Å². The average Bonchev–Trinajstić information content (AvgIpc) is 2.80. The Morgan fingerprint density at radius 2 is 2.11 bits per heavy atom. The van der Waals surface area contributed by atoms with Gasteiger partial charge in [-0.05, 0) is 30.5 Å². The first kappa shape index (κ1) is 13.8. The van der Waals surface area contributed by atoms with Gasteiger partial charge in [-0.2, -0.15) is 0 Å². The molecule has 2 rings (SSSR count). The molecule has 1 atom stereocenters. The Bertz CT molecular complexity index is 391. The number of aliphatic hydroxyl groups is 1. The van der Waals surface area contributed by atoms with Crippen LogP contribution in [0, 0.1) is 11.7 Å². The lowest BCUT2D eigenvalue weighted by Gasteiger charge is -2.16. The summed E-state index contributed by atoms with van der Waals surface area (Å²) in [6.45, 7) is 0.162. The normalized spacial score (nSPS) is 17.9. The summed E-state index contributed by atoms with van der Waals surface area (Å²) in [5, 5.41) is 9.86. The van der Waals surface area contributed by atoms with Crippen LogP contribution in [0.2, 0.25) is 0 Å². The summed E-state index contributed by atoms with van der Waals surface area (Å²) in [5.74, 6) is 0.402. The molecule has 4 heteroatoms. The van der Waals surface area contributed by atoms with Gasteiger partial charge in [0, 0.05) is 4.47 Å². The summed E-state index contributed by atoms with van der Waals surface area (Å²) >= 11 is 3.19. The fraction of sp³-hybridized carbons (Fsp3) is 0.571. The van der Waals surface area contributed by atoms with E-state index in [2.05, 4.69) is 15.9 Å². The molecule has 0 amide bonds. The number of halogens is 2. The van der Waals surface area contributed by atoms with Crippen molar-refractivity contribution in [2.45, 2.75) is 38.2 Å². The number of hydrogen-bond acceptors (Lipinski definition) is 2. The maximum Gasteiger partial charge on any atom is 0.166 e. The fourth-order valence-electron chi connectivity index (χ4n) is 2.48. The molecule has 1 aromatic carbocycles. The third-order valence-electron chi connectivity index (χ3n) is 3.41. The molecule has 1 aliphatic carbocycles. The predicted octanol–water partition coefficient (Wildman–Crippen LogP) is 3.91. The molecular weight excluding hydrogens is 299 g/mol. The first-order chi connectivity index (χ1) is 8.65. The van der Waals surface area contributed by atoms with Gasteiger partial charge in [-0.25, -0.2) is 4.39 Å². The van der Waals surface area contributed by atoms with Gasteiger partial charge in [0.1, 0.15) is 6.61 Å². The van der Waals surface area contributed by atoms with E-state index in [4.69, 9.17) is 4.74 Å². The highest BCUT2D eigenvalue weighted by molar-refractivity contribution is 9.10. The third-order valence-corrected chi connectivity index (χ3v) is 3.90. The van der Waals surface area contributed by atoms with E-state index >= 15 is 0 Å². The first-order valence-corrected chi connectivity index (χ1v) is 7.20. The molecule has 1 aromatic rings. The fourth-order valence-corrected chi connectivity index (χ4v) is 2.81. The van der Waals surface area contributed by atoms with Crippen LogP contribution in [-0.4, -0.2) is 17.8 Å². The lowest BCUT2D eigenvalue weighted by molar-refractivity contribution is 0.0837. The lowest BCUT2D eigenvalue weighted by atomic mass is 10.0. The van der Waals surface area contributed by atoms with Crippen molar-refractivity contribution in [1.29, 1.82) is 0 Å². The van der Waals surface area contributed by atoms with Gasteiger partial charge < -0.3 is 9.84 Å². The van der Waals surface area contributed by atoms with E-state index in [0.717, 1.165) is 6.42 Å². The molecule has 1 fully saturated rings. The molecule has 0 aliphatic heterocycles. The minimum atomic E-state index is -0.504. The van der Waals surface area contributed by atoms with Crippen molar-refractivity contribution in [3.8, 4) is 5.75 Å². The highest BCUT2D eigenvalue weighted by atomic mass is 79.9. The van der Waals surface area contributed by atoms with Crippen LogP contribution >= 0.6 is 15.9 Å². The molecule has 0 heterocycles. The van der Waals surface area contributed by atoms with E-state index in [1.807, 2.05) is 0 Å². The van der Waals surface area contributed by atoms with Gasteiger partial charge in [-0.1, -0.05) is 41.6 Å². The molecule has 0 bridgehead atoms. The van der Waals surface area contributed by atoms with Gasteiger partial charge >= 0.3 is 0 Å². The summed E-state index contributed by atoms with van der Waals surface area (Å²) in [5.41, 5.74) is 0. The molecule has 0 aromatic heterocycles. The van der Waals surface area contributed by atoms with E-state index < -0.39 is 11.9 Å². The Hall–Kier alpha value is -0.610. The number of aliphatic hydroxyl groups excluding tert-OH is 1. The first-order valence-electron chi connectivity index (χ1n) is 6.41. The van der Waals surface area contributed by atoms with Crippen LogP contribution in [0.15, 0.2) is 22.7 Å². The third kappa shape index (κ3) is 3.95.